The molecule has 0 aliphatic carbocycles. The molecule has 3 aromatic rings. The first-order valence-corrected chi connectivity index (χ1v) is 16.5. The third-order valence-corrected chi connectivity index (χ3v) is 10.6. The van der Waals surface area contributed by atoms with Gasteiger partial charge in [0.05, 0.1) is 18.1 Å². The fraction of sp³-hybridized carbons (Fsp3) is 0.438. The lowest BCUT2D eigenvalue weighted by Crippen LogP contribution is -2.45. The fourth-order valence-electron chi connectivity index (χ4n) is 6.11. The predicted octanol–water partition coefficient (Wildman–Crippen LogP) is 3.63. The van der Waals surface area contributed by atoms with Gasteiger partial charge in [0.1, 0.15) is 6.61 Å². The second kappa shape index (κ2) is 13.0. The monoisotopic (exact) mass is 605 g/mol. The van der Waals surface area contributed by atoms with E-state index in [2.05, 4.69) is 9.88 Å². The lowest BCUT2D eigenvalue weighted by Gasteiger charge is -2.36. The molecule has 6 rings (SSSR count). The summed E-state index contributed by atoms with van der Waals surface area (Å²) in [5.74, 6) is 0.776. The summed E-state index contributed by atoms with van der Waals surface area (Å²) >= 11 is 0. The molecule has 1 amide bonds. The number of likely N-dealkylation sites (tertiary alicyclic amines) is 2. The van der Waals surface area contributed by atoms with Gasteiger partial charge in [-0.15, -0.1) is 0 Å². The summed E-state index contributed by atoms with van der Waals surface area (Å²) in [7, 11) is -3.55. The summed E-state index contributed by atoms with van der Waals surface area (Å²) in [6, 6.07) is 16.7. The van der Waals surface area contributed by atoms with Crippen molar-refractivity contribution in [1.82, 2.24) is 19.1 Å². The zero-order chi connectivity index (χ0) is 29.8. The van der Waals surface area contributed by atoms with Gasteiger partial charge in [0, 0.05) is 49.5 Å². The van der Waals surface area contributed by atoms with Gasteiger partial charge in [-0.25, -0.2) is 13.4 Å². The van der Waals surface area contributed by atoms with E-state index in [9.17, 15) is 13.2 Å². The third kappa shape index (κ3) is 6.70. The zero-order valence-corrected chi connectivity index (χ0v) is 25.2. The van der Waals surface area contributed by atoms with E-state index in [1.807, 2.05) is 35.2 Å². The number of carbonyl (C=O) groups is 1. The summed E-state index contributed by atoms with van der Waals surface area (Å²) in [6.07, 6.45) is 6.36. The van der Waals surface area contributed by atoms with Crippen LogP contribution in [0, 0.1) is 0 Å². The number of hydrogen-bond acceptors (Lipinski definition) is 8. The first-order valence-electron chi connectivity index (χ1n) is 15.1. The fourth-order valence-corrected chi connectivity index (χ4v) is 7.52. The molecule has 43 heavy (non-hydrogen) atoms. The number of piperidine rings is 1. The number of sulfonamides is 1. The quantitative estimate of drug-likeness (QED) is 0.414. The summed E-state index contributed by atoms with van der Waals surface area (Å²) in [5.41, 5.74) is 9.32. The summed E-state index contributed by atoms with van der Waals surface area (Å²) in [4.78, 5) is 22.3. The van der Waals surface area contributed by atoms with Gasteiger partial charge in [0.15, 0.2) is 11.6 Å². The van der Waals surface area contributed by atoms with Crippen molar-refractivity contribution in [3.05, 3.63) is 71.9 Å². The molecule has 0 unspecified atom stereocenters. The number of aromatic nitrogens is 1. The van der Waals surface area contributed by atoms with Crippen molar-refractivity contribution in [3.63, 3.8) is 0 Å². The van der Waals surface area contributed by atoms with Crippen LogP contribution in [0.5, 0.6) is 5.75 Å². The molecule has 1 aromatic heterocycles. The number of amides is 1. The van der Waals surface area contributed by atoms with E-state index in [-0.39, 0.29) is 23.2 Å². The Morgan fingerprint density at radius 2 is 1.58 bits per heavy atom. The molecule has 3 aliphatic rings. The molecule has 4 heterocycles. The van der Waals surface area contributed by atoms with Crippen molar-refractivity contribution in [3.8, 4) is 16.9 Å². The van der Waals surface area contributed by atoms with Gasteiger partial charge in [0.25, 0.3) is 5.91 Å². The molecule has 3 fully saturated rings. The van der Waals surface area contributed by atoms with Crippen LogP contribution in [0.2, 0.25) is 0 Å². The standard InChI is InChI=1S/C32H39N5O5S/c33-31-30(42-23-24-3-9-29(10-4-24)43(39,40)37-17-19-41-20-18-37)21-27(22-34-31)25-5-7-26(8-6-25)32(38)36-15-11-28(12-16-36)35-13-1-2-14-35/h3-10,21-22,28H,1-2,11-20,23H2,(H2,33,34). The number of ether oxygens (including phenoxy) is 2. The van der Waals surface area contributed by atoms with Crippen molar-refractivity contribution in [2.75, 3.05) is 58.2 Å². The maximum Gasteiger partial charge on any atom is 0.253 e. The molecule has 11 heteroatoms. The van der Waals surface area contributed by atoms with Crippen LogP contribution in [0.25, 0.3) is 11.1 Å². The second-order valence-electron chi connectivity index (χ2n) is 11.4. The minimum absolute atomic E-state index is 0.0784. The third-order valence-electron chi connectivity index (χ3n) is 8.68. The van der Waals surface area contributed by atoms with Crippen LogP contribution in [-0.2, 0) is 21.4 Å². The molecular weight excluding hydrogens is 566 g/mol. The Balaban J connectivity index is 1.06. The Morgan fingerprint density at radius 1 is 0.907 bits per heavy atom. The van der Waals surface area contributed by atoms with Gasteiger partial charge >= 0.3 is 0 Å². The molecule has 0 saturated carbocycles. The number of carbonyl (C=O) groups excluding carboxylic acids is 1. The number of morpholine rings is 1. The van der Waals surface area contributed by atoms with Crippen LogP contribution in [0.1, 0.15) is 41.6 Å². The largest absolute Gasteiger partial charge is 0.485 e. The highest BCUT2D eigenvalue weighted by Crippen LogP contribution is 2.29. The second-order valence-corrected chi connectivity index (χ2v) is 13.3. The number of pyridine rings is 1. The number of anilines is 1. The highest BCUT2D eigenvalue weighted by Gasteiger charge is 2.29. The lowest BCUT2D eigenvalue weighted by atomic mass is 10.0. The Labute approximate surface area is 253 Å². The summed E-state index contributed by atoms with van der Waals surface area (Å²) < 4.78 is 38.5. The maximum absolute atomic E-state index is 13.2. The van der Waals surface area contributed by atoms with Crippen LogP contribution < -0.4 is 10.5 Å². The summed E-state index contributed by atoms with van der Waals surface area (Å²) in [6.45, 7) is 5.71. The molecule has 2 N–H and O–H groups in total. The van der Waals surface area contributed by atoms with E-state index >= 15 is 0 Å². The van der Waals surface area contributed by atoms with Gasteiger partial charge < -0.3 is 25.0 Å². The average molecular weight is 606 g/mol. The van der Waals surface area contributed by atoms with E-state index in [1.54, 1.807) is 30.5 Å². The molecule has 3 aliphatic heterocycles. The molecule has 228 valence electrons. The maximum atomic E-state index is 13.2. The van der Waals surface area contributed by atoms with Gasteiger partial charge in [-0.2, -0.15) is 4.31 Å². The van der Waals surface area contributed by atoms with Crippen molar-refractivity contribution in [2.24, 2.45) is 0 Å². The molecule has 0 atom stereocenters. The van der Waals surface area contributed by atoms with Crippen LogP contribution in [0.15, 0.2) is 65.7 Å². The molecule has 0 radical (unpaired) electrons. The first kappa shape index (κ1) is 29.6. The predicted molar refractivity (Wildman–Crippen MR) is 164 cm³/mol. The topological polar surface area (TPSA) is 118 Å². The summed E-state index contributed by atoms with van der Waals surface area (Å²) in [5, 5.41) is 0. The number of rotatable bonds is 8. The smallest absolute Gasteiger partial charge is 0.253 e. The van der Waals surface area contributed by atoms with Crippen molar-refractivity contribution in [1.29, 1.82) is 0 Å². The van der Waals surface area contributed by atoms with Crippen LogP contribution in [0.3, 0.4) is 0 Å². The Bertz CT molecular complexity index is 1510. The molecule has 3 saturated heterocycles. The van der Waals surface area contributed by atoms with Gasteiger partial charge in [-0.3, -0.25) is 4.79 Å². The molecular formula is C32H39N5O5S. The molecule has 0 spiro atoms. The highest BCUT2D eigenvalue weighted by molar-refractivity contribution is 7.89. The average Bonchev–Trinajstić information content (AvgIpc) is 3.60. The highest BCUT2D eigenvalue weighted by atomic mass is 32.2. The van der Waals surface area contributed by atoms with Crippen LogP contribution in [-0.4, -0.2) is 91.9 Å². The molecule has 10 nitrogen and oxygen atoms in total. The number of nitrogens with zero attached hydrogens (tertiary/aromatic N) is 4. The van der Waals surface area contributed by atoms with Crippen molar-refractivity contribution in [2.45, 2.75) is 43.2 Å². The Kier molecular flexibility index (Phi) is 8.94. The molecule has 2 aromatic carbocycles. The number of hydrogen-bond donors (Lipinski definition) is 1. The van der Waals surface area contributed by atoms with E-state index < -0.39 is 10.0 Å². The molecule has 0 bridgehead atoms. The van der Waals surface area contributed by atoms with Crippen molar-refractivity contribution >= 4 is 21.7 Å². The Morgan fingerprint density at radius 3 is 2.26 bits per heavy atom. The Hall–Kier alpha value is -3.51. The van der Waals surface area contributed by atoms with Crippen molar-refractivity contribution < 1.29 is 22.7 Å². The van der Waals surface area contributed by atoms with E-state index in [4.69, 9.17) is 15.2 Å². The number of nitrogen functional groups attached to an aromatic ring is 1. The number of nitrogens with two attached hydrogens (primary N) is 1. The SMILES string of the molecule is Nc1ncc(-c2ccc(C(=O)N3CCC(N4CCCC4)CC3)cc2)cc1OCc1ccc(S(=O)(=O)N2CCOCC2)cc1. The minimum atomic E-state index is -3.55. The first-order chi connectivity index (χ1) is 20.9. The number of benzene rings is 2. The van der Waals surface area contributed by atoms with E-state index in [1.165, 1.54) is 30.2 Å². The van der Waals surface area contributed by atoms with Crippen LogP contribution in [0.4, 0.5) is 5.82 Å². The van der Waals surface area contributed by atoms with Gasteiger partial charge in [-0.1, -0.05) is 24.3 Å². The zero-order valence-electron chi connectivity index (χ0n) is 24.4. The van der Waals surface area contributed by atoms with Crippen LogP contribution >= 0.6 is 0 Å². The van der Waals surface area contributed by atoms with Gasteiger partial charge in [-0.05, 0) is 80.2 Å². The van der Waals surface area contributed by atoms with E-state index in [0.29, 0.717) is 43.7 Å². The van der Waals surface area contributed by atoms with E-state index in [0.717, 1.165) is 42.6 Å². The normalized spacial score (nSPS) is 19.0. The van der Waals surface area contributed by atoms with Gasteiger partial charge in [0.2, 0.25) is 10.0 Å². The lowest BCUT2D eigenvalue weighted by molar-refractivity contribution is 0.0644. The minimum Gasteiger partial charge on any atom is -0.485 e.